The molecule has 2 heterocycles. The Balaban J connectivity index is 0.000000268. The summed E-state index contributed by atoms with van der Waals surface area (Å²) < 4.78 is 62.9. The Bertz CT molecular complexity index is 2590. The number of alkyl halides is 1. The number of hydrogen-bond acceptors (Lipinski definition) is 4. The molecular formula is C55H67FIrN2O2-2. The fourth-order valence-corrected chi connectivity index (χ4v) is 7.25. The van der Waals surface area contributed by atoms with Crippen LogP contribution in [-0.4, -0.2) is 26.5 Å². The molecule has 1 unspecified atom stereocenters. The number of rotatable bonds is 12. The van der Waals surface area contributed by atoms with Gasteiger partial charge in [-0.1, -0.05) is 113 Å². The van der Waals surface area contributed by atoms with Gasteiger partial charge in [0.25, 0.3) is 0 Å². The van der Waals surface area contributed by atoms with Gasteiger partial charge in [-0.2, -0.15) is 0 Å². The Morgan fingerprint density at radius 1 is 0.738 bits per heavy atom. The van der Waals surface area contributed by atoms with Crippen LogP contribution in [-0.2, 0) is 24.9 Å². The van der Waals surface area contributed by atoms with Crippen molar-refractivity contribution in [3.63, 3.8) is 0 Å². The molecule has 61 heavy (non-hydrogen) atoms. The molecule has 4 aromatic carbocycles. The first kappa shape index (κ1) is 41.8. The first-order valence-corrected chi connectivity index (χ1v) is 21.3. The summed E-state index contributed by atoms with van der Waals surface area (Å²) in [7, 11) is 0. The maximum atomic E-state index is 13.6. The van der Waals surface area contributed by atoms with Crippen molar-refractivity contribution in [2.75, 3.05) is 0 Å². The number of ketones is 1. The molecule has 2 aromatic heterocycles. The van der Waals surface area contributed by atoms with E-state index in [9.17, 15) is 14.3 Å². The third-order valence-electron chi connectivity index (χ3n) is 10.6. The average molecular weight is 1010 g/mol. The standard InChI is InChI=1S/2C20H20N.C15H27FO2.Ir/c2*1-13(2)16-5-6-19-17(12-16)7-8-21-20(19)18-10-14(3)9-15(4)11-18;1-6-11(7-2)13(17)9-14(18)12(8-3)10-15(4,5)16;/h2*5-10,12-13H,1-4H3;9,11-12,18H,6-8,10H2,1-5H3;/q2*-1;;/b;;14-9-;/i2*7D,8D,10D;;. The van der Waals surface area contributed by atoms with Crippen LogP contribution in [0.2, 0.25) is 0 Å². The molecule has 1 N–H and O–H groups in total. The predicted molar refractivity (Wildman–Crippen MR) is 253 cm³/mol. The normalized spacial score (nSPS) is 13.6. The summed E-state index contributed by atoms with van der Waals surface area (Å²) in [4.78, 5) is 20.5. The molecule has 0 aliphatic rings. The summed E-state index contributed by atoms with van der Waals surface area (Å²) in [6.45, 7) is 24.9. The molecule has 0 spiro atoms. The van der Waals surface area contributed by atoms with Gasteiger partial charge in [0.05, 0.1) is 11.2 Å². The zero-order chi connectivity index (χ0) is 49.5. The Kier molecular flexibility index (Phi) is 15.8. The third kappa shape index (κ3) is 14.5. The minimum atomic E-state index is -1.33. The number of halogens is 1. The molecule has 0 bridgehead atoms. The SMILES string of the molecule is CCC(CC)C(=O)/C=C(\O)C(CC)CC(C)(C)F.[2H]c1nc(-c2[c-]c(C)cc(C)c2[2H])c2ccc(C(C)C)cc2c1[2H].[2H]c1nc(-c2[c-]c(C)cc(C)c2[2H])c2ccc(C(C)C)cc2c1[2H].[Ir]. The molecule has 0 aliphatic heterocycles. The minimum absolute atomic E-state index is 0. The van der Waals surface area contributed by atoms with Crippen LogP contribution >= 0.6 is 0 Å². The summed E-state index contributed by atoms with van der Waals surface area (Å²) in [5.74, 6) is 0.359. The molecule has 0 saturated heterocycles. The number of benzene rings is 4. The molecule has 327 valence electrons. The van der Waals surface area contributed by atoms with Crippen LogP contribution in [0.4, 0.5) is 4.39 Å². The zero-order valence-corrected chi connectivity index (χ0v) is 40.7. The number of nitrogens with zero attached hydrogens (tertiary/aromatic N) is 2. The smallest absolute Gasteiger partial charge is 0.162 e. The van der Waals surface area contributed by atoms with Crippen LogP contribution < -0.4 is 0 Å². The van der Waals surface area contributed by atoms with Crippen molar-refractivity contribution in [2.45, 2.75) is 133 Å². The number of allylic oxidation sites excluding steroid dienone is 2. The van der Waals surface area contributed by atoms with Gasteiger partial charge in [-0.15, -0.1) is 69.7 Å². The van der Waals surface area contributed by atoms with E-state index in [0.717, 1.165) is 57.0 Å². The molecule has 1 radical (unpaired) electrons. The van der Waals surface area contributed by atoms with E-state index in [1.807, 2.05) is 97.0 Å². The summed E-state index contributed by atoms with van der Waals surface area (Å²) >= 11 is 0. The van der Waals surface area contributed by atoms with Gasteiger partial charge >= 0.3 is 0 Å². The van der Waals surface area contributed by atoms with E-state index in [1.54, 1.807) is 0 Å². The Labute approximate surface area is 388 Å². The van der Waals surface area contributed by atoms with Crippen molar-refractivity contribution in [1.29, 1.82) is 0 Å². The fraction of sp³-hybridized carbons (Fsp3) is 0.400. The molecule has 0 saturated carbocycles. The molecule has 6 heteroatoms. The van der Waals surface area contributed by atoms with E-state index in [0.29, 0.717) is 63.6 Å². The first-order chi connectivity index (χ1) is 30.8. The quantitative estimate of drug-likeness (QED) is 0.0754. The molecular weight excluding hydrogens is 932 g/mol. The molecule has 6 aromatic rings. The van der Waals surface area contributed by atoms with Crippen molar-refractivity contribution in [1.82, 2.24) is 9.97 Å². The van der Waals surface area contributed by atoms with E-state index >= 15 is 0 Å². The van der Waals surface area contributed by atoms with E-state index < -0.39 is 5.67 Å². The maximum Gasteiger partial charge on any atom is 0.162 e. The van der Waals surface area contributed by atoms with Crippen molar-refractivity contribution in [2.24, 2.45) is 11.8 Å². The Morgan fingerprint density at radius 2 is 1.15 bits per heavy atom. The molecule has 6 rings (SSSR count). The summed E-state index contributed by atoms with van der Waals surface area (Å²) in [5.41, 5.74) is 6.85. The first-order valence-electron chi connectivity index (χ1n) is 24.3. The summed E-state index contributed by atoms with van der Waals surface area (Å²) in [6.07, 6.45) is 3.58. The van der Waals surface area contributed by atoms with Crippen LogP contribution in [0.1, 0.15) is 141 Å². The number of aliphatic hydroxyl groups is 1. The maximum absolute atomic E-state index is 13.6. The number of hydrogen-bond donors (Lipinski definition) is 1. The largest absolute Gasteiger partial charge is 0.512 e. The summed E-state index contributed by atoms with van der Waals surface area (Å²) in [5, 5.41) is 13.0. The van der Waals surface area contributed by atoms with Gasteiger partial charge in [-0.25, -0.2) is 4.39 Å². The summed E-state index contributed by atoms with van der Waals surface area (Å²) in [6, 6.07) is 23.2. The van der Waals surface area contributed by atoms with E-state index in [2.05, 4.69) is 49.8 Å². The number of carbonyl (C=O) groups is 1. The Morgan fingerprint density at radius 3 is 1.51 bits per heavy atom. The van der Waals surface area contributed by atoms with Gasteiger partial charge in [0.1, 0.15) is 5.67 Å². The van der Waals surface area contributed by atoms with Crippen molar-refractivity contribution in [3.8, 4) is 22.5 Å². The van der Waals surface area contributed by atoms with Gasteiger partial charge in [0.15, 0.2) is 5.78 Å². The molecule has 1 atom stereocenters. The predicted octanol–water partition coefficient (Wildman–Crippen LogP) is 15.5. The van der Waals surface area contributed by atoms with Gasteiger partial charge in [0.2, 0.25) is 0 Å². The second-order valence-corrected chi connectivity index (χ2v) is 17.1. The third-order valence-corrected chi connectivity index (χ3v) is 10.6. The van der Waals surface area contributed by atoms with Gasteiger partial charge in [-0.05, 0) is 110 Å². The van der Waals surface area contributed by atoms with Crippen LogP contribution in [0.15, 0.2) is 96.9 Å². The van der Waals surface area contributed by atoms with E-state index in [-0.39, 0.29) is 74.3 Å². The van der Waals surface area contributed by atoms with Crippen LogP contribution in [0, 0.1) is 51.7 Å². The van der Waals surface area contributed by atoms with Gasteiger partial charge in [-0.3, -0.25) is 4.79 Å². The van der Waals surface area contributed by atoms with Crippen molar-refractivity contribution < 1.29 is 42.6 Å². The van der Waals surface area contributed by atoms with Crippen molar-refractivity contribution in [3.05, 3.63) is 142 Å². The molecule has 0 fully saturated rings. The number of aromatic nitrogens is 2. The fourth-order valence-electron chi connectivity index (χ4n) is 7.25. The van der Waals surface area contributed by atoms with Crippen molar-refractivity contribution >= 4 is 27.3 Å². The second kappa shape index (κ2) is 23.1. The monoisotopic (exact) mass is 1010 g/mol. The van der Waals surface area contributed by atoms with Crippen LogP contribution in [0.25, 0.3) is 44.1 Å². The molecule has 0 aliphatic carbocycles. The molecule has 0 amide bonds. The number of pyridine rings is 2. The van der Waals surface area contributed by atoms with Crippen LogP contribution in [0.3, 0.4) is 0 Å². The number of carbonyl (C=O) groups excluding carboxylic acids is 1. The minimum Gasteiger partial charge on any atom is -0.512 e. The average Bonchev–Trinajstić information content (AvgIpc) is 3.25. The zero-order valence-electron chi connectivity index (χ0n) is 44.3. The van der Waals surface area contributed by atoms with E-state index in [4.69, 9.17) is 8.22 Å². The number of aliphatic hydroxyl groups excluding tert-OH is 1. The number of fused-ring (bicyclic) bond motifs is 2. The van der Waals surface area contributed by atoms with Gasteiger partial charge < -0.3 is 15.1 Å². The molecule has 4 nitrogen and oxygen atoms in total. The van der Waals surface area contributed by atoms with Crippen LogP contribution in [0.5, 0.6) is 0 Å². The topological polar surface area (TPSA) is 63.1 Å². The Hall–Kier alpha value is -4.51. The second-order valence-electron chi connectivity index (χ2n) is 17.1. The number of aryl methyl sites for hydroxylation is 4. The van der Waals surface area contributed by atoms with Gasteiger partial charge in [0, 0.05) is 50.4 Å². The van der Waals surface area contributed by atoms with E-state index in [1.165, 1.54) is 19.9 Å².